The van der Waals surface area contributed by atoms with Gasteiger partial charge in [-0.3, -0.25) is 14.4 Å². The van der Waals surface area contributed by atoms with Crippen molar-refractivity contribution in [1.29, 1.82) is 0 Å². The monoisotopic (exact) mass is 668 g/mol. The molecule has 5 rings (SSSR count). The molecule has 258 valence electrons. The Bertz CT molecular complexity index is 1710. The molecule has 3 aromatic carbocycles. The SMILES string of the molecule is COc1ccc(C(CC(=O)NCC(=O)N2CCc3ccccc3C2)c2c(O)cc3c(c2O)C(=O)O[C@@H](C)CCCC(=O)CCC/C=C/3)cc1. The van der Waals surface area contributed by atoms with E-state index >= 15 is 0 Å². The number of amides is 2. The topological polar surface area (TPSA) is 142 Å². The number of nitrogens with one attached hydrogen (secondary N) is 1. The third-order valence-corrected chi connectivity index (χ3v) is 9.23. The van der Waals surface area contributed by atoms with Crippen molar-refractivity contribution in [3.8, 4) is 17.2 Å². The highest BCUT2D eigenvalue weighted by Gasteiger charge is 2.31. The Balaban J connectivity index is 1.43. The van der Waals surface area contributed by atoms with Crippen LogP contribution in [0.2, 0.25) is 0 Å². The van der Waals surface area contributed by atoms with Crippen molar-refractivity contribution in [1.82, 2.24) is 10.2 Å². The molecule has 0 radical (unpaired) electrons. The Hall–Kier alpha value is -5.12. The average molecular weight is 669 g/mol. The van der Waals surface area contributed by atoms with Crippen molar-refractivity contribution in [2.75, 3.05) is 20.2 Å². The zero-order chi connectivity index (χ0) is 34.9. The van der Waals surface area contributed by atoms with Crippen LogP contribution in [0.5, 0.6) is 17.2 Å². The number of carbonyl (C=O) groups excluding carboxylic acids is 4. The van der Waals surface area contributed by atoms with Gasteiger partial charge in [0.05, 0.1) is 19.8 Å². The van der Waals surface area contributed by atoms with Crippen LogP contribution in [-0.4, -0.2) is 65.0 Å². The number of esters is 1. The van der Waals surface area contributed by atoms with Gasteiger partial charge in [-0.1, -0.05) is 48.6 Å². The van der Waals surface area contributed by atoms with Gasteiger partial charge in [0.1, 0.15) is 28.6 Å². The summed E-state index contributed by atoms with van der Waals surface area (Å²) in [5.74, 6) is -2.43. The molecule has 0 aliphatic carbocycles. The second kappa shape index (κ2) is 16.3. The first kappa shape index (κ1) is 35.2. The van der Waals surface area contributed by atoms with Crippen LogP contribution < -0.4 is 10.1 Å². The van der Waals surface area contributed by atoms with E-state index in [9.17, 15) is 29.4 Å². The normalized spacial score (nSPS) is 18.2. The van der Waals surface area contributed by atoms with Gasteiger partial charge >= 0.3 is 5.97 Å². The van der Waals surface area contributed by atoms with Crippen LogP contribution >= 0.6 is 0 Å². The van der Waals surface area contributed by atoms with E-state index in [2.05, 4.69) is 11.4 Å². The lowest BCUT2D eigenvalue weighted by Crippen LogP contribution is -2.42. The molecule has 10 heteroatoms. The summed E-state index contributed by atoms with van der Waals surface area (Å²) in [6.45, 7) is 2.55. The molecule has 2 aliphatic rings. The molecule has 3 N–H and O–H groups in total. The van der Waals surface area contributed by atoms with Gasteiger partial charge < -0.3 is 29.9 Å². The molecular formula is C39H44N2O8. The van der Waals surface area contributed by atoms with E-state index in [1.54, 1.807) is 48.2 Å². The van der Waals surface area contributed by atoms with E-state index in [1.807, 2.05) is 18.2 Å². The van der Waals surface area contributed by atoms with Crippen molar-refractivity contribution >= 4 is 29.6 Å². The Labute approximate surface area is 286 Å². The Kier molecular flexibility index (Phi) is 11.7. The number of hydrogen-bond donors (Lipinski definition) is 3. The summed E-state index contributed by atoms with van der Waals surface area (Å²) in [6, 6.07) is 16.2. The van der Waals surface area contributed by atoms with Crippen LogP contribution in [0.4, 0.5) is 0 Å². The zero-order valence-corrected chi connectivity index (χ0v) is 28.1. The predicted octanol–water partition coefficient (Wildman–Crippen LogP) is 5.81. The van der Waals surface area contributed by atoms with Gasteiger partial charge in [0.2, 0.25) is 11.8 Å². The summed E-state index contributed by atoms with van der Waals surface area (Å²) in [5, 5.41) is 25.9. The van der Waals surface area contributed by atoms with Crippen LogP contribution in [0.3, 0.4) is 0 Å². The van der Waals surface area contributed by atoms with Crippen LogP contribution in [0, 0.1) is 0 Å². The zero-order valence-electron chi connectivity index (χ0n) is 28.1. The molecule has 0 fully saturated rings. The number of Topliss-reactive ketones (excluding diaryl/α,β-unsaturated/α-hetero) is 1. The minimum absolute atomic E-state index is 0.0113. The number of cyclic esters (lactones) is 1. The molecule has 2 aliphatic heterocycles. The second-order valence-electron chi connectivity index (χ2n) is 12.7. The lowest BCUT2D eigenvalue weighted by Gasteiger charge is -2.29. The number of methoxy groups -OCH3 is 1. The Morgan fingerprint density at radius 1 is 1.02 bits per heavy atom. The van der Waals surface area contributed by atoms with Crippen LogP contribution in [0.25, 0.3) is 6.08 Å². The van der Waals surface area contributed by atoms with Crippen molar-refractivity contribution in [2.45, 2.75) is 76.9 Å². The number of hydrogen-bond acceptors (Lipinski definition) is 8. The number of rotatable bonds is 7. The smallest absolute Gasteiger partial charge is 0.342 e. The maximum Gasteiger partial charge on any atom is 0.342 e. The number of phenols is 2. The molecular weight excluding hydrogens is 624 g/mol. The van der Waals surface area contributed by atoms with E-state index in [4.69, 9.17) is 9.47 Å². The van der Waals surface area contributed by atoms with Crippen molar-refractivity contribution < 1.29 is 38.9 Å². The van der Waals surface area contributed by atoms with Gasteiger partial charge in [-0.2, -0.15) is 0 Å². The van der Waals surface area contributed by atoms with E-state index in [-0.39, 0.29) is 47.1 Å². The third-order valence-electron chi connectivity index (χ3n) is 9.23. The van der Waals surface area contributed by atoms with Gasteiger partial charge in [-0.15, -0.1) is 0 Å². The molecule has 0 bridgehead atoms. The fraction of sp³-hybridized carbons (Fsp3) is 0.385. The molecule has 3 aromatic rings. The molecule has 2 atom stereocenters. The lowest BCUT2D eigenvalue weighted by molar-refractivity contribution is -0.133. The summed E-state index contributed by atoms with van der Waals surface area (Å²) in [4.78, 5) is 54.1. The number of benzene rings is 3. The molecule has 2 amide bonds. The third kappa shape index (κ3) is 8.87. The van der Waals surface area contributed by atoms with Crippen molar-refractivity contribution in [2.24, 2.45) is 0 Å². The molecule has 0 aromatic heterocycles. The van der Waals surface area contributed by atoms with Gasteiger partial charge in [-0.25, -0.2) is 4.79 Å². The van der Waals surface area contributed by atoms with Crippen molar-refractivity contribution in [3.63, 3.8) is 0 Å². The van der Waals surface area contributed by atoms with Crippen LogP contribution in [0.15, 0.2) is 60.7 Å². The lowest BCUT2D eigenvalue weighted by atomic mass is 9.84. The van der Waals surface area contributed by atoms with E-state index in [0.717, 1.165) is 12.0 Å². The minimum atomic E-state index is -0.901. The van der Waals surface area contributed by atoms with Crippen LogP contribution in [-0.2, 0) is 32.1 Å². The summed E-state index contributed by atoms with van der Waals surface area (Å²) in [7, 11) is 1.53. The van der Waals surface area contributed by atoms with Crippen LogP contribution in [0.1, 0.15) is 96.0 Å². The fourth-order valence-corrected chi connectivity index (χ4v) is 6.49. The maximum absolute atomic E-state index is 13.6. The average Bonchev–Trinajstić information content (AvgIpc) is 3.09. The Morgan fingerprint density at radius 2 is 1.76 bits per heavy atom. The highest BCUT2D eigenvalue weighted by molar-refractivity contribution is 5.98. The molecule has 0 saturated carbocycles. The largest absolute Gasteiger partial charge is 0.507 e. The quantitative estimate of drug-likeness (QED) is 0.268. The molecule has 0 saturated heterocycles. The highest BCUT2D eigenvalue weighted by Crippen LogP contribution is 2.44. The first-order chi connectivity index (χ1) is 23.6. The minimum Gasteiger partial charge on any atom is -0.507 e. The van der Waals surface area contributed by atoms with E-state index < -0.39 is 29.6 Å². The van der Waals surface area contributed by atoms with Gasteiger partial charge in [0.15, 0.2) is 0 Å². The number of phenolic OH excluding ortho intramolecular Hbond substituents is 2. The van der Waals surface area contributed by atoms with Crippen molar-refractivity contribution in [3.05, 3.63) is 94.1 Å². The first-order valence-corrected chi connectivity index (χ1v) is 16.9. The summed E-state index contributed by atoms with van der Waals surface area (Å²) < 4.78 is 11.0. The predicted molar refractivity (Wildman–Crippen MR) is 184 cm³/mol. The number of fused-ring (bicyclic) bond motifs is 2. The maximum atomic E-state index is 13.6. The van der Waals surface area contributed by atoms with E-state index in [1.165, 1.54) is 18.7 Å². The summed E-state index contributed by atoms with van der Waals surface area (Å²) >= 11 is 0. The molecule has 0 spiro atoms. The number of ether oxygens (including phenoxy) is 2. The number of carbonyl (C=O) groups is 4. The Morgan fingerprint density at radius 3 is 2.51 bits per heavy atom. The molecule has 1 unspecified atom stereocenters. The number of aromatic hydroxyl groups is 2. The number of nitrogens with zero attached hydrogens (tertiary/aromatic N) is 1. The van der Waals surface area contributed by atoms with Gasteiger partial charge in [0, 0.05) is 43.8 Å². The standard InChI is InChI=1S/C39H44N2O8/c1-25-9-8-14-30(42)13-5-3-4-11-28-21-33(43)37(38(46)36(28)39(47)49-25)32(27-15-17-31(48-2)18-16-27)22-34(44)40-23-35(45)41-20-19-26-10-6-7-12-29(26)24-41/h4,6-7,10-12,15-18,21,25,32,43,46H,3,5,8-9,13-14,19-20,22-24H2,1-2H3,(H,40,44)/b11-4+/t25-,32?/m0/s1. The summed E-state index contributed by atoms with van der Waals surface area (Å²) in [5.41, 5.74) is 2.99. The first-order valence-electron chi connectivity index (χ1n) is 16.9. The fourth-order valence-electron chi connectivity index (χ4n) is 6.49. The molecule has 10 nitrogen and oxygen atoms in total. The number of ketones is 1. The highest BCUT2D eigenvalue weighted by atomic mass is 16.5. The van der Waals surface area contributed by atoms with E-state index in [0.29, 0.717) is 62.9 Å². The number of allylic oxidation sites excluding steroid dienone is 1. The summed E-state index contributed by atoms with van der Waals surface area (Å²) in [6.07, 6.45) is 6.51. The molecule has 49 heavy (non-hydrogen) atoms. The van der Waals surface area contributed by atoms with Gasteiger partial charge in [-0.05, 0) is 79.5 Å². The second-order valence-corrected chi connectivity index (χ2v) is 12.7. The molecule has 2 heterocycles. The van der Waals surface area contributed by atoms with Gasteiger partial charge in [0.25, 0.3) is 0 Å².